The van der Waals surface area contributed by atoms with Gasteiger partial charge in [0.15, 0.2) is 6.54 Å². The minimum atomic E-state index is -5.84. The van der Waals surface area contributed by atoms with Gasteiger partial charge in [0.1, 0.15) is 0 Å². The number of nitrogens with one attached hydrogen (secondary N) is 1. The Morgan fingerprint density at radius 2 is 1.05 bits per heavy atom. The first-order valence-electron chi connectivity index (χ1n) is 13.1. The van der Waals surface area contributed by atoms with Crippen LogP contribution in [0, 0.1) is 0 Å². The lowest BCUT2D eigenvalue weighted by Gasteiger charge is -2.44. The van der Waals surface area contributed by atoms with E-state index in [1.165, 1.54) is 14.7 Å². The van der Waals surface area contributed by atoms with Gasteiger partial charge in [-0.1, -0.05) is 6.92 Å². The quantitative estimate of drug-likeness (QED) is 0.0616. The van der Waals surface area contributed by atoms with Crippen LogP contribution in [0.25, 0.3) is 0 Å². The van der Waals surface area contributed by atoms with E-state index in [4.69, 9.17) is 0 Å². The van der Waals surface area contributed by atoms with E-state index in [1.807, 2.05) is 0 Å². The van der Waals surface area contributed by atoms with Gasteiger partial charge in [0.05, 0.1) is 32.7 Å². The lowest BCUT2D eigenvalue weighted by Crippen LogP contribution is -2.68. The molecule has 1 amide bonds. The van der Waals surface area contributed by atoms with Gasteiger partial charge in [-0.3, -0.25) is 47.5 Å². The third-order valence-corrected chi connectivity index (χ3v) is 11.6. The summed E-state index contributed by atoms with van der Waals surface area (Å²) in [5, 5.41) is 47.1. The van der Waals surface area contributed by atoms with Gasteiger partial charge in [0.2, 0.25) is 5.02 Å². The van der Waals surface area contributed by atoms with E-state index in [2.05, 4.69) is 0 Å². The molecule has 44 heavy (non-hydrogen) atoms. The predicted octanol–water partition coefficient (Wildman–Crippen LogP) is -4.08. The highest BCUT2D eigenvalue weighted by atomic mass is 31.2. The summed E-state index contributed by atoms with van der Waals surface area (Å²) in [4.78, 5) is 103. The summed E-state index contributed by atoms with van der Waals surface area (Å²) in [5.74, 6) is -7.20. The summed E-state index contributed by atoms with van der Waals surface area (Å²) < 4.78 is 23.2. The summed E-state index contributed by atoms with van der Waals surface area (Å²) in [6.45, 7) is -3.79. The molecule has 1 heterocycles. The number of aliphatic carboxylic acids is 4. The zero-order valence-electron chi connectivity index (χ0n) is 23.8. The molecule has 21 nitrogen and oxygen atoms in total. The highest BCUT2D eigenvalue weighted by Gasteiger charge is 2.61. The molecule has 1 saturated heterocycles. The van der Waals surface area contributed by atoms with Crippen LogP contribution in [0.2, 0.25) is 0 Å². The molecule has 254 valence electrons. The van der Waals surface area contributed by atoms with E-state index in [1.54, 1.807) is 5.32 Å². The number of carbonyl (C=O) groups is 5. The average molecular weight is 681 g/mol. The number of carbonyl (C=O) groups excluding carboxylic acids is 1. The van der Waals surface area contributed by atoms with Crippen molar-refractivity contribution < 1.29 is 82.7 Å². The van der Waals surface area contributed by atoms with Crippen molar-refractivity contribution in [2.75, 3.05) is 78.5 Å². The van der Waals surface area contributed by atoms with Crippen LogP contribution >= 0.6 is 15.2 Å². The maximum atomic E-state index is 13.3. The molecule has 1 unspecified atom stereocenters. The second-order valence-electron chi connectivity index (χ2n) is 10.3. The molecule has 0 spiro atoms. The molecule has 0 bridgehead atoms. The van der Waals surface area contributed by atoms with E-state index in [0.717, 1.165) is 6.92 Å². The van der Waals surface area contributed by atoms with Crippen LogP contribution in [-0.2, 0) is 33.1 Å². The van der Waals surface area contributed by atoms with E-state index in [0.29, 0.717) is 0 Å². The molecular weight excluding hydrogens is 640 g/mol. The van der Waals surface area contributed by atoms with Gasteiger partial charge in [-0.25, -0.2) is 4.79 Å². The fourth-order valence-electron chi connectivity index (χ4n) is 4.83. The average Bonchev–Trinajstić information content (AvgIpc) is 2.85. The van der Waals surface area contributed by atoms with Gasteiger partial charge in [0, 0.05) is 39.3 Å². The second-order valence-corrected chi connectivity index (χ2v) is 14.4. The van der Waals surface area contributed by atoms with Crippen LogP contribution in [0.1, 0.15) is 13.3 Å². The van der Waals surface area contributed by atoms with Gasteiger partial charge in [-0.2, -0.15) is 0 Å². The van der Waals surface area contributed by atoms with Crippen molar-refractivity contribution in [1.29, 1.82) is 0 Å². The summed E-state index contributed by atoms with van der Waals surface area (Å²) in [7, 11) is -11.7. The van der Waals surface area contributed by atoms with Crippen LogP contribution in [-0.4, -0.2) is 184 Å². The van der Waals surface area contributed by atoms with Crippen LogP contribution in [0.5, 0.6) is 0 Å². The topological polar surface area (TPSA) is 323 Å². The monoisotopic (exact) mass is 680 g/mol. The van der Waals surface area contributed by atoms with E-state index >= 15 is 0 Å². The molecule has 0 aromatic heterocycles. The Morgan fingerprint density at radius 1 is 0.705 bits per heavy atom. The van der Waals surface area contributed by atoms with Crippen LogP contribution < -0.4 is 5.32 Å². The zero-order valence-corrected chi connectivity index (χ0v) is 25.6. The molecule has 23 heteroatoms. The molecular formula is C21H40N5O16P2+. The largest absolute Gasteiger partial charge is 0.480 e. The Hall–Kier alpha value is -2.55. The van der Waals surface area contributed by atoms with Crippen molar-refractivity contribution in [1.82, 2.24) is 20.0 Å². The highest BCUT2D eigenvalue weighted by molar-refractivity contribution is 7.72. The SMILES string of the molecule is CCC(NC(=O)C(O)[N+]1(CC(=O)O)CCN(CC(=O)O)CCN(CC(=O)O)CCN(CC(=O)O)CC1)(P(=O)(O)O)P(=O)(O)O. The molecule has 1 fully saturated rings. The maximum absolute atomic E-state index is 13.3. The number of aliphatic hydroxyl groups excluding tert-OH is 1. The lowest BCUT2D eigenvalue weighted by atomic mass is 10.2. The van der Waals surface area contributed by atoms with Crippen molar-refractivity contribution in [3.8, 4) is 0 Å². The number of nitrogens with zero attached hydrogens (tertiary/aromatic N) is 4. The molecule has 0 radical (unpaired) electrons. The van der Waals surface area contributed by atoms with Crippen LogP contribution in [0.4, 0.5) is 0 Å². The Balaban J connectivity index is 3.67. The Bertz CT molecular complexity index is 1110. The number of carboxylic acids is 4. The number of amides is 1. The summed E-state index contributed by atoms with van der Waals surface area (Å²) >= 11 is 0. The van der Waals surface area contributed by atoms with Crippen molar-refractivity contribution in [2.45, 2.75) is 24.6 Å². The second kappa shape index (κ2) is 16.1. The fourth-order valence-corrected chi connectivity index (χ4v) is 7.52. The summed E-state index contributed by atoms with van der Waals surface area (Å²) in [6.07, 6.45) is -3.56. The predicted molar refractivity (Wildman–Crippen MR) is 146 cm³/mol. The number of quaternary nitrogens is 1. The van der Waals surface area contributed by atoms with Crippen LogP contribution in [0.15, 0.2) is 0 Å². The van der Waals surface area contributed by atoms with Gasteiger partial charge in [-0.05, 0) is 6.42 Å². The molecule has 10 N–H and O–H groups in total. The van der Waals surface area contributed by atoms with E-state index in [-0.39, 0.29) is 39.3 Å². The fraction of sp³-hybridized carbons (Fsp3) is 0.762. The first-order chi connectivity index (χ1) is 20.1. The number of aliphatic hydroxyl groups is 1. The third-order valence-electron chi connectivity index (χ3n) is 7.25. The summed E-state index contributed by atoms with van der Waals surface area (Å²) in [6, 6.07) is 0. The normalized spacial score (nSPS) is 19.2. The van der Waals surface area contributed by atoms with Crippen molar-refractivity contribution in [3.63, 3.8) is 0 Å². The molecule has 1 atom stereocenters. The number of hydrogen-bond donors (Lipinski definition) is 10. The third kappa shape index (κ3) is 11.1. The minimum absolute atomic E-state index is 0.0218. The van der Waals surface area contributed by atoms with Gasteiger partial charge < -0.3 is 50.4 Å². The zero-order chi connectivity index (χ0) is 34.1. The molecule has 1 rings (SSSR count). The lowest BCUT2D eigenvalue weighted by molar-refractivity contribution is -0.954. The molecule has 0 aliphatic carbocycles. The smallest absolute Gasteiger partial charge is 0.363 e. The number of carboxylic acid groups (broad SMARTS) is 4. The first kappa shape index (κ1) is 39.5. The summed E-state index contributed by atoms with van der Waals surface area (Å²) in [5.41, 5.74) is 0. The Labute approximate surface area is 251 Å². The standard InChI is InChI=1S/C21H39N5O16P2/c1-2-21(43(37,38)39,44(40,41)42)22-19(35)20(36)26(14-18(33)34)9-7-24(12-16(29)30)5-3-23(11-15(27)28)4-6-25(8-10-26)13-17(31)32/h20,36H,2-14H2,1H3,(H8-,22,27,28,29,30,31,32,33,34,35,37,38,39,40,41,42)/p+1. The molecule has 1 aliphatic rings. The molecule has 0 saturated carbocycles. The van der Waals surface area contributed by atoms with Gasteiger partial charge in [-0.15, -0.1) is 0 Å². The van der Waals surface area contributed by atoms with Crippen molar-refractivity contribution in [2.24, 2.45) is 0 Å². The van der Waals surface area contributed by atoms with E-state index in [9.17, 15) is 78.2 Å². The molecule has 0 aromatic rings. The van der Waals surface area contributed by atoms with E-state index < -0.39 is 106 Å². The Morgan fingerprint density at radius 3 is 1.32 bits per heavy atom. The number of hydrogen-bond acceptors (Lipinski definition) is 11. The maximum Gasteiger partial charge on any atom is 0.363 e. The molecule has 0 aromatic carbocycles. The number of rotatable bonds is 14. The molecule has 1 aliphatic heterocycles. The first-order valence-corrected chi connectivity index (χ1v) is 16.3. The van der Waals surface area contributed by atoms with Crippen molar-refractivity contribution in [3.05, 3.63) is 0 Å². The highest BCUT2D eigenvalue weighted by Crippen LogP contribution is 2.68. The minimum Gasteiger partial charge on any atom is -0.480 e. The van der Waals surface area contributed by atoms with Crippen molar-refractivity contribution >= 4 is 45.0 Å². The van der Waals surface area contributed by atoms with Gasteiger partial charge in [0.25, 0.3) is 6.23 Å². The van der Waals surface area contributed by atoms with Gasteiger partial charge >= 0.3 is 45.0 Å². The van der Waals surface area contributed by atoms with Crippen LogP contribution in [0.3, 0.4) is 0 Å². The Kier molecular flexibility index (Phi) is 14.5.